The summed E-state index contributed by atoms with van der Waals surface area (Å²) < 4.78 is 6.61. The number of aromatic nitrogens is 2. The lowest BCUT2D eigenvalue weighted by atomic mass is 10.1. The van der Waals surface area contributed by atoms with Crippen molar-refractivity contribution in [3.63, 3.8) is 0 Å². The maximum absolute atomic E-state index is 11.7. The molecule has 2 rings (SSSR count). The molecule has 1 aliphatic rings. The third-order valence-electron chi connectivity index (χ3n) is 1.97. The van der Waals surface area contributed by atoms with Crippen LogP contribution in [0.2, 0.25) is 0 Å². The molecule has 0 saturated carbocycles. The average Bonchev–Trinajstić information content (AvgIpc) is 2.72. The number of carbonyl (C=O) groups is 1. The van der Waals surface area contributed by atoms with Crippen LogP contribution in [0.4, 0.5) is 0 Å². The summed E-state index contributed by atoms with van der Waals surface area (Å²) in [6, 6.07) is 0. The molecule has 13 heavy (non-hydrogen) atoms. The normalized spacial score (nSPS) is 15.3. The fourth-order valence-electron chi connectivity index (χ4n) is 1.28. The van der Waals surface area contributed by atoms with Crippen LogP contribution in [0.25, 0.3) is 0 Å². The third-order valence-corrected chi connectivity index (χ3v) is 1.97. The van der Waals surface area contributed by atoms with Crippen LogP contribution in [-0.2, 0) is 11.8 Å². The number of nitrogens with zero attached hydrogens (tertiary/aromatic N) is 2. The van der Waals surface area contributed by atoms with Gasteiger partial charge in [0, 0.05) is 25.2 Å². The minimum Gasteiger partial charge on any atom is -0.500 e. The fourth-order valence-corrected chi connectivity index (χ4v) is 1.28. The van der Waals surface area contributed by atoms with Gasteiger partial charge in [0.2, 0.25) is 0 Å². The molecule has 0 bridgehead atoms. The Balaban J connectivity index is 2.22. The molecule has 0 aromatic carbocycles. The zero-order valence-electron chi connectivity index (χ0n) is 7.36. The zero-order chi connectivity index (χ0) is 9.26. The van der Waals surface area contributed by atoms with Gasteiger partial charge in [-0.1, -0.05) is 0 Å². The van der Waals surface area contributed by atoms with Gasteiger partial charge in [-0.05, 0) is 0 Å². The number of aryl methyl sites for hydroxylation is 1. The minimum absolute atomic E-state index is 0.0191. The zero-order valence-corrected chi connectivity index (χ0v) is 7.36. The molecule has 0 radical (unpaired) electrons. The molecule has 2 heterocycles. The van der Waals surface area contributed by atoms with Gasteiger partial charge in [-0.15, -0.1) is 0 Å². The van der Waals surface area contributed by atoms with Crippen LogP contribution in [0.3, 0.4) is 0 Å². The molecular formula is C9H10N2O2. The lowest BCUT2D eigenvalue weighted by Gasteiger charge is -1.93. The molecule has 1 aromatic heterocycles. The molecule has 0 unspecified atom stereocenters. The van der Waals surface area contributed by atoms with Crippen molar-refractivity contribution in [3.8, 4) is 0 Å². The molecule has 4 heteroatoms. The van der Waals surface area contributed by atoms with Gasteiger partial charge in [-0.25, -0.2) is 0 Å². The Morgan fingerprint density at radius 3 is 3.08 bits per heavy atom. The second kappa shape index (κ2) is 3.05. The van der Waals surface area contributed by atoms with E-state index in [1.807, 2.05) is 0 Å². The van der Waals surface area contributed by atoms with E-state index in [2.05, 4.69) is 5.10 Å². The quantitative estimate of drug-likeness (QED) is 0.632. The molecule has 0 atom stereocenters. The Hall–Kier alpha value is -1.58. The van der Waals surface area contributed by atoms with Crippen molar-refractivity contribution in [3.05, 3.63) is 29.8 Å². The van der Waals surface area contributed by atoms with Crippen LogP contribution >= 0.6 is 0 Å². The highest BCUT2D eigenvalue weighted by molar-refractivity contribution is 6.08. The van der Waals surface area contributed by atoms with E-state index in [-0.39, 0.29) is 5.78 Å². The fraction of sp³-hybridized carbons (Fsp3) is 0.333. The standard InChI is InChI=1S/C9H10N2O2/c1-11-5-8(4-10-11)9(12)7-2-3-13-6-7/h4-6H,2-3H2,1H3. The van der Waals surface area contributed by atoms with Crippen molar-refractivity contribution in [2.24, 2.45) is 7.05 Å². The molecule has 0 N–H and O–H groups in total. The molecule has 1 aromatic rings. The molecule has 1 aliphatic heterocycles. The van der Waals surface area contributed by atoms with Crippen LogP contribution in [-0.4, -0.2) is 22.2 Å². The number of ketones is 1. The average molecular weight is 178 g/mol. The first kappa shape index (κ1) is 8.04. The molecule has 0 fully saturated rings. The molecule has 0 amide bonds. The van der Waals surface area contributed by atoms with E-state index >= 15 is 0 Å². The molecule has 0 saturated heterocycles. The topological polar surface area (TPSA) is 44.1 Å². The van der Waals surface area contributed by atoms with Gasteiger partial charge in [0.05, 0.1) is 24.6 Å². The van der Waals surface area contributed by atoms with Crippen LogP contribution in [0, 0.1) is 0 Å². The predicted octanol–water partition coefficient (Wildman–Crippen LogP) is 0.907. The molecule has 0 aliphatic carbocycles. The summed E-state index contributed by atoms with van der Waals surface area (Å²) in [6.45, 7) is 0.612. The Morgan fingerprint density at radius 1 is 1.69 bits per heavy atom. The lowest BCUT2D eigenvalue weighted by molar-refractivity contribution is 0.103. The van der Waals surface area contributed by atoms with Crippen molar-refractivity contribution in [1.29, 1.82) is 0 Å². The highest BCUT2D eigenvalue weighted by Gasteiger charge is 2.17. The second-order valence-electron chi connectivity index (χ2n) is 3.00. The van der Waals surface area contributed by atoms with Crippen LogP contribution in [0.5, 0.6) is 0 Å². The number of hydrogen-bond acceptors (Lipinski definition) is 3. The van der Waals surface area contributed by atoms with E-state index in [1.54, 1.807) is 24.1 Å². The summed E-state index contributed by atoms with van der Waals surface area (Å²) >= 11 is 0. The number of carbonyl (C=O) groups excluding carboxylic acids is 1. The van der Waals surface area contributed by atoms with E-state index in [4.69, 9.17) is 4.74 Å². The summed E-state index contributed by atoms with van der Waals surface area (Å²) in [7, 11) is 1.79. The monoisotopic (exact) mass is 178 g/mol. The van der Waals surface area contributed by atoms with Crippen molar-refractivity contribution < 1.29 is 9.53 Å². The van der Waals surface area contributed by atoms with Crippen LogP contribution < -0.4 is 0 Å². The smallest absolute Gasteiger partial charge is 0.195 e. The Bertz CT molecular complexity index is 365. The highest BCUT2D eigenvalue weighted by Crippen LogP contribution is 2.15. The van der Waals surface area contributed by atoms with Crippen molar-refractivity contribution in [1.82, 2.24) is 9.78 Å². The predicted molar refractivity (Wildman–Crippen MR) is 46.2 cm³/mol. The summed E-state index contributed by atoms with van der Waals surface area (Å²) in [4.78, 5) is 11.7. The van der Waals surface area contributed by atoms with Gasteiger partial charge in [-0.2, -0.15) is 5.10 Å². The second-order valence-corrected chi connectivity index (χ2v) is 3.00. The Morgan fingerprint density at radius 2 is 2.54 bits per heavy atom. The van der Waals surface area contributed by atoms with Crippen molar-refractivity contribution in [2.45, 2.75) is 6.42 Å². The number of rotatable bonds is 2. The van der Waals surface area contributed by atoms with Gasteiger partial charge in [-0.3, -0.25) is 9.48 Å². The SMILES string of the molecule is Cn1cc(C(=O)C2=COCC2)cn1. The van der Waals surface area contributed by atoms with Crippen LogP contribution in [0.1, 0.15) is 16.8 Å². The first-order valence-electron chi connectivity index (χ1n) is 4.11. The summed E-state index contributed by atoms with van der Waals surface area (Å²) in [5, 5.41) is 3.94. The maximum Gasteiger partial charge on any atom is 0.195 e. The van der Waals surface area contributed by atoms with Gasteiger partial charge in [0.15, 0.2) is 5.78 Å². The maximum atomic E-state index is 11.7. The molecular weight excluding hydrogens is 168 g/mol. The van der Waals surface area contributed by atoms with Gasteiger partial charge in [0.25, 0.3) is 0 Å². The minimum atomic E-state index is 0.0191. The van der Waals surface area contributed by atoms with E-state index in [9.17, 15) is 4.79 Å². The van der Waals surface area contributed by atoms with E-state index < -0.39 is 0 Å². The number of hydrogen-bond donors (Lipinski definition) is 0. The molecule has 4 nitrogen and oxygen atoms in total. The van der Waals surface area contributed by atoms with Crippen LogP contribution in [0.15, 0.2) is 24.2 Å². The van der Waals surface area contributed by atoms with Gasteiger partial charge < -0.3 is 4.74 Å². The Labute approximate surface area is 75.8 Å². The molecule has 0 spiro atoms. The number of ether oxygens (including phenoxy) is 1. The largest absolute Gasteiger partial charge is 0.500 e. The third kappa shape index (κ3) is 1.47. The van der Waals surface area contributed by atoms with Crippen molar-refractivity contribution in [2.75, 3.05) is 6.61 Å². The summed E-state index contributed by atoms with van der Waals surface area (Å²) in [5.41, 5.74) is 1.35. The lowest BCUT2D eigenvalue weighted by Crippen LogP contribution is -2.00. The van der Waals surface area contributed by atoms with Gasteiger partial charge >= 0.3 is 0 Å². The molecule has 68 valence electrons. The van der Waals surface area contributed by atoms with E-state index in [0.29, 0.717) is 18.6 Å². The van der Waals surface area contributed by atoms with E-state index in [1.165, 1.54) is 6.26 Å². The van der Waals surface area contributed by atoms with Gasteiger partial charge in [0.1, 0.15) is 0 Å². The van der Waals surface area contributed by atoms with Crippen molar-refractivity contribution >= 4 is 5.78 Å². The summed E-state index contributed by atoms with van der Waals surface area (Å²) in [5.74, 6) is 0.0191. The van der Waals surface area contributed by atoms with E-state index in [0.717, 1.165) is 5.57 Å². The number of Topliss-reactive ketones (excluding diaryl/α,β-unsaturated/α-hetero) is 1. The summed E-state index contributed by atoms with van der Waals surface area (Å²) in [6.07, 6.45) is 5.52. The first-order chi connectivity index (χ1) is 6.27. The highest BCUT2D eigenvalue weighted by atomic mass is 16.5. The Kier molecular flexibility index (Phi) is 1.88. The first-order valence-corrected chi connectivity index (χ1v) is 4.11.